The molecular weight excluding hydrogens is 477 g/mol. The molecule has 4 aromatic heterocycles. The summed E-state index contributed by atoms with van der Waals surface area (Å²) >= 11 is 0. The van der Waals surface area contributed by atoms with Crippen molar-refractivity contribution in [2.75, 3.05) is 37.4 Å². The summed E-state index contributed by atoms with van der Waals surface area (Å²) in [5.41, 5.74) is 8.46. The topological polar surface area (TPSA) is 124 Å². The molecule has 14 heteroatoms. The van der Waals surface area contributed by atoms with Crippen LogP contribution in [0.25, 0.3) is 27.9 Å². The summed E-state index contributed by atoms with van der Waals surface area (Å²) in [6, 6.07) is 4.69. The van der Waals surface area contributed by atoms with Gasteiger partial charge in [-0.2, -0.15) is 4.98 Å². The molecule has 0 bridgehead atoms. The molecule has 4 aromatic rings. The lowest BCUT2D eigenvalue weighted by Gasteiger charge is -2.50. The Morgan fingerprint density at radius 2 is 2.08 bits per heavy atom. The normalized spacial score (nSPS) is 22.4. The van der Waals surface area contributed by atoms with E-state index in [2.05, 4.69) is 42.5 Å². The van der Waals surface area contributed by atoms with Gasteiger partial charge in [-0.1, -0.05) is 5.21 Å². The van der Waals surface area contributed by atoms with Crippen LogP contribution < -0.4 is 11.1 Å². The maximum absolute atomic E-state index is 15.0. The van der Waals surface area contributed by atoms with Crippen molar-refractivity contribution in [3.05, 3.63) is 24.4 Å². The van der Waals surface area contributed by atoms with E-state index in [9.17, 15) is 8.78 Å². The quantitative estimate of drug-likeness (QED) is 0.407. The predicted molar refractivity (Wildman–Crippen MR) is 125 cm³/mol. The maximum Gasteiger partial charge on any atom is 0.258 e. The number of halogens is 3. The molecule has 0 amide bonds. The van der Waals surface area contributed by atoms with Crippen molar-refractivity contribution in [2.45, 2.75) is 44.1 Å². The smallest absolute Gasteiger partial charge is 0.258 e. The Balaban J connectivity index is 1.25. The second kappa shape index (κ2) is 8.55. The van der Waals surface area contributed by atoms with Gasteiger partial charge in [0, 0.05) is 24.8 Å². The minimum absolute atomic E-state index is 0.0963. The second-order valence-electron chi connectivity index (χ2n) is 9.54. The number of hydrogen-bond acceptors (Lipinski definition) is 9. The number of pyridine rings is 1. The van der Waals surface area contributed by atoms with E-state index in [1.54, 1.807) is 28.9 Å². The number of nitrogen functional groups attached to an aromatic ring is 1. The molecule has 6 heterocycles. The Morgan fingerprint density at radius 3 is 2.81 bits per heavy atom. The van der Waals surface area contributed by atoms with Gasteiger partial charge >= 0.3 is 0 Å². The van der Waals surface area contributed by atoms with Gasteiger partial charge in [0.15, 0.2) is 11.5 Å². The minimum Gasteiger partial charge on any atom is -0.382 e. The van der Waals surface area contributed by atoms with E-state index < -0.39 is 25.2 Å². The number of alkyl halides is 3. The van der Waals surface area contributed by atoms with Gasteiger partial charge in [0.1, 0.15) is 23.7 Å². The van der Waals surface area contributed by atoms with E-state index in [-0.39, 0.29) is 23.0 Å². The van der Waals surface area contributed by atoms with Crippen molar-refractivity contribution in [2.24, 2.45) is 0 Å². The lowest BCUT2D eigenvalue weighted by atomic mass is 9.92. The number of likely N-dealkylation sites (tertiary alicyclic amines) is 1. The number of aromatic nitrogens is 7. The maximum atomic E-state index is 15.0. The summed E-state index contributed by atoms with van der Waals surface area (Å²) in [6.07, 6.45) is -1.39. The fourth-order valence-corrected chi connectivity index (χ4v) is 4.88. The molecule has 0 spiro atoms. The van der Waals surface area contributed by atoms with Crippen molar-refractivity contribution < 1.29 is 17.9 Å². The lowest BCUT2D eigenvalue weighted by molar-refractivity contribution is -0.142. The van der Waals surface area contributed by atoms with E-state index in [1.807, 2.05) is 0 Å². The lowest BCUT2D eigenvalue weighted by Crippen LogP contribution is -2.64. The van der Waals surface area contributed by atoms with Gasteiger partial charge in [-0.15, -0.1) is 10.2 Å². The van der Waals surface area contributed by atoms with E-state index >= 15 is 4.39 Å². The van der Waals surface area contributed by atoms with E-state index in [0.29, 0.717) is 48.5 Å². The zero-order valence-electron chi connectivity index (χ0n) is 19.5. The number of piperidine rings is 1. The molecule has 2 atom stereocenters. The van der Waals surface area contributed by atoms with Gasteiger partial charge < -0.3 is 15.8 Å². The number of fused-ring (bicyclic) bond motifs is 2. The second-order valence-corrected chi connectivity index (χ2v) is 9.54. The van der Waals surface area contributed by atoms with Crippen LogP contribution in [-0.2, 0) is 11.3 Å². The average Bonchev–Trinajstić information content (AvgIpc) is 3.43. The van der Waals surface area contributed by atoms with Crippen LogP contribution in [0.5, 0.6) is 0 Å². The molecule has 2 aliphatic rings. The number of nitrogens with zero attached hydrogens (tertiary/aromatic N) is 8. The van der Waals surface area contributed by atoms with Gasteiger partial charge in [0.25, 0.3) is 6.43 Å². The highest BCUT2D eigenvalue weighted by Crippen LogP contribution is 2.31. The van der Waals surface area contributed by atoms with Crippen LogP contribution in [-0.4, -0.2) is 90.0 Å². The van der Waals surface area contributed by atoms with Gasteiger partial charge in [-0.05, 0) is 31.5 Å². The molecule has 0 unspecified atom stereocenters. The fraction of sp³-hybridized carbons (Fsp3) is 0.500. The first kappa shape index (κ1) is 22.9. The van der Waals surface area contributed by atoms with Gasteiger partial charge in [-0.3, -0.25) is 4.90 Å². The molecule has 36 heavy (non-hydrogen) atoms. The molecule has 0 aliphatic carbocycles. The number of anilines is 2. The monoisotopic (exact) mass is 502 g/mol. The molecule has 2 saturated heterocycles. The van der Waals surface area contributed by atoms with Crippen LogP contribution in [0, 0.1) is 0 Å². The highest BCUT2D eigenvalue weighted by atomic mass is 19.3. The number of rotatable bonds is 6. The molecule has 0 radical (unpaired) electrons. The third-order valence-electron chi connectivity index (χ3n) is 6.93. The first-order valence-electron chi connectivity index (χ1n) is 11.7. The Labute approximate surface area is 203 Å². The highest BCUT2D eigenvalue weighted by molar-refractivity contribution is 5.88. The van der Waals surface area contributed by atoms with E-state index in [1.165, 1.54) is 0 Å². The van der Waals surface area contributed by atoms with Gasteiger partial charge in [0.2, 0.25) is 5.95 Å². The summed E-state index contributed by atoms with van der Waals surface area (Å²) in [7, 11) is 0. The van der Waals surface area contributed by atoms with Crippen molar-refractivity contribution in [1.29, 1.82) is 0 Å². The summed E-state index contributed by atoms with van der Waals surface area (Å²) in [5.74, 6) is 0.407. The summed E-state index contributed by atoms with van der Waals surface area (Å²) in [5, 5.41) is 15.2. The Kier molecular flexibility index (Phi) is 5.44. The number of hydrogen-bond donors (Lipinski definition) is 2. The van der Waals surface area contributed by atoms with Crippen LogP contribution in [0.3, 0.4) is 0 Å². The molecule has 0 aromatic carbocycles. The van der Waals surface area contributed by atoms with Gasteiger partial charge in [0.05, 0.1) is 30.5 Å². The fourth-order valence-electron chi connectivity index (χ4n) is 4.88. The molecule has 11 nitrogen and oxygen atoms in total. The van der Waals surface area contributed by atoms with Crippen molar-refractivity contribution in [1.82, 2.24) is 39.5 Å². The Bertz CT molecular complexity index is 1420. The van der Waals surface area contributed by atoms with E-state index in [0.717, 1.165) is 11.2 Å². The standard InChI is InChI=1S/C22H25F3N10O/c1-22(10-36-11-22)33-6-5-15(13(23)8-33)28-21-29-19(26)18-12(4-7-34(18)31-21)14-2-3-16-20(27-14)35(32-30-16)9-17(24)25/h2-4,7,13,15,17H,5-6,8-11H2,1H3,(H3,26,28,29,31)/t13-,15+/m1/s1. The van der Waals surface area contributed by atoms with Crippen molar-refractivity contribution in [3.63, 3.8) is 0 Å². The van der Waals surface area contributed by atoms with Crippen LogP contribution in [0.4, 0.5) is 24.9 Å². The van der Waals surface area contributed by atoms with Crippen LogP contribution in [0.2, 0.25) is 0 Å². The molecule has 6 rings (SSSR count). The van der Waals surface area contributed by atoms with Gasteiger partial charge in [-0.25, -0.2) is 27.4 Å². The Morgan fingerprint density at radius 1 is 1.25 bits per heavy atom. The summed E-state index contributed by atoms with van der Waals surface area (Å²) < 4.78 is 48.7. The zero-order chi connectivity index (χ0) is 25.0. The summed E-state index contributed by atoms with van der Waals surface area (Å²) in [4.78, 5) is 11.0. The first-order chi connectivity index (χ1) is 17.3. The zero-order valence-corrected chi connectivity index (χ0v) is 19.5. The van der Waals surface area contributed by atoms with E-state index in [4.69, 9.17) is 10.5 Å². The summed E-state index contributed by atoms with van der Waals surface area (Å²) in [6.45, 7) is 3.79. The third kappa shape index (κ3) is 3.89. The van der Waals surface area contributed by atoms with Crippen molar-refractivity contribution in [3.8, 4) is 11.3 Å². The minimum atomic E-state index is -2.59. The average molecular weight is 503 g/mol. The SMILES string of the molecule is CC1(N2CC[C@H](Nc3nc(N)c4c(-c5ccc6nnn(CC(F)F)c6n5)ccn4n3)[C@H](F)C2)COC1. The largest absolute Gasteiger partial charge is 0.382 e. The van der Waals surface area contributed by atoms with Crippen molar-refractivity contribution >= 4 is 28.4 Å². The van der Waals surface area contributed by atoms with Crippen LogP contribution >= 0.6 is 0 Å². The Hall–Kier alpha value is -3.52. The van der Waals surface area contributed by atoms with Crippen LogP contribution in [0.15, 0.2) is 24.4 Å². The van der Waals surface area contributed by atoms with Crippen LogP contribution in [0.1, 0.15) is 13.3 Å². The molecule has 3 N–H and O–H groups in total. The number of nitrogens with one attached hydrogen (secondary N) is 1. The third-order valence-corrected chi connectivity index (χ3v) is 6.93. The number of ether oxygens (including phenoxy) is 1. The molecule has 2 fully saturated rings. The number of nitrogens with two attached hydrogens (primary N) is 1. The molecule has 0 saturated carbocycles. The molecule has 190 valence electrons. The highest BCUT2D eigenvalue weighted by Gasteiger charge is 2.43. The molecular formula is C22H25F3N10O. The molecule has 2 aliphatic heterocycles. The first-order valence-corrected chi connectivity index (χ1v) is 11.7. The predicted octanol–water partition coefficient (Wildman–Crippen LogP) is 2.00.